The lowest BCUT2D eigenvalue weighted by molar-refractivity contribution is -0.158. The number of allylic oxidation sites excluding steroid dienone is 2. The lowest BCUT2D eigenvalue weighted by Gasteiger charge is -2.15. The van der Waals surface area contributed by atoms with Crippen LogP contribution in [0.25, 0.3) is 0 Å². The monoisotopic (exact) mass is 149 g/mol. The van der Waals surface area contributed by atoms with Gasteiger partial charge < -0.3 is 5.41 Å². The molecule has 10 heavy (non-hydrogen) atoms. The zero-order valence-corrected chi connectivity index (χ0v) is 5.29. The first kappa shape index (κ1) is 7.31. The number of halogens is 3. The van der Waals surface area contributed by atoms with Gasteiger partial charge in [-0.2, -0.15) is 13.2 Å². The van der Waals surface area contributed by atoms with Gasteiger partial charge in [-0.3, -0.25) is 0 Å². The Morgan fingerprint density at radius 2 is 2.00 bits per heavy atom. The second-order valence-corrected chi connectivity index (χ2v) is 2.34. The highest BCUT2D eigenvalue weighted by molar-refractivity contribution is 5.79. The Hall–Kier alpha value is -0.800. The SMILES string of the molecule is CC1=CC1(C=N)C(F)(F)F. The molecular formula is C6H6F3N. The van der Waals surface area contributed by atoms with Crippen molar-refractivity contribution < 1.29 is 13.2 Å². The molecule has 0 spiro atoms. The van der Waals surface area contributed by atoms with Crippen LogP contribution in [0.15, 0.2) is 11.6 Å². The van der Waals surface area contributed by atoms with E-state index in [2.05, 4.69) is 0 Å². The number of alkyl halides is 3. The van der Waals surface area contributed by atoms with Crippen molar-refractivity contribution in [3.05, 3.63) is 11.6 Å². The molecule has 0 heterocycles. The summed E-state index contributed by atoms with van der Waals surface area (Å²) in [5, 5.41) is 6.56. The van der Waals surface area contributed by atoms with Gasteiger partial charge in [-0.15, -0.1) is 0 Å². The Morgan fingerprint density at radius 1 is 1.60 bits per heavy atom. The van der Waals surface area contributed by atoms with Crippen LogP contribution in [0, 0.1) is 10.8 Å². The topological polar surface area (TPSA) is 23.9 Å². The maximum atomic E-state index is 11.9. The highest BCUT2D eigenvalue weighted by atomic mass is 19.4. The Bertz CT molecular complexity index is 204. The third kappa shape index (κ3) is 0.678. The highest BCUT2D eigenvalue weighted by Gasteiger charge is 2.60. The molecule has 0 saturated heterocycles. The van der Waals surface area contributed by atoms with E-state index in [0.717, 1.165) is 6.08 Å². The summed E-state index contributed by atoms with van der Waals surface area (Å²) < 4.78 is 35.8. The molecule has 0 saturated carbocycles. The van der Waals surface area contributed by atoms with Crippen LogP contribution in [0.5, 0.6) is 0 Å². The first-order chi connectivity index (χ1) is 4.44. The summed E-state index contributed by atoms with van der Waals surface area (Å²) in [5.41, 5.74) is -1.76. The van der Waals surface area contributed by atoms with E-state index in [4.69, 9.17) is 5.41 Å². The van der Waals surface area contributed by atoms with Crippen LogP contribution in [-0.4, -0.2) is 12.4 Å². The number of rotatable bonds is 1. The van der Waals surface area contributed by atoms with E-state index < -0.39 is 11.6 Å². The van der Waals surface area contributed by atoms with E-state index in [1.165, 1.54) is 6.92 Å². The molecule has 1 N–H and O–H groups in total. The molecule has 1 nitrogen and oxygen atoms in total. The molecule has 1 aliphatic rings. The largest absolute Gasteiger partial charge is 0.406 e. The van der Waals surface area contributed by atoms with Gasteiger partial charge in [0.2, 0.25) is 0 Å². The molecule has 0 bridgehead atoms. The van der Waals surface area contributed by atoms with Crippen molar-refractivity contribution in [2.24, 2.45) is 5.41 Å². The molecule has 1 unspecified atom stereocenters. The zero-order valence-electron chi connectivity index (χ0n) is 5.29. The van der Waals surface area contributed by atoms with E-state index in [-0.39, 0.29) is 5.57 Å². The van der Waals surface area contributed by atoms with Gasteiger partial charge in [-0.1, -0.05) is 11.6 Å². The maximum Gasteiger partial charge on any atom is 0.406 e. The lowest BCUT2D eigenvalue weighted by Crippen LogP contribution is -2.28. The van der Waals surface area contributed by atoms with Crippen molar-refractivity contribution in [1.82, 2.24) is 0 Å². The van der Waals surface area contributed by atoms with Crippen molar-refractivity contribution in [3.8, 4) is 0 Å². The molecule has 1 atom stereocenters. The summed E-state index contributed by atoms with van der Waals surface area (Å²) in [4.78, 5) is 0. The van der Waals surface area contributed by atoms with Crippen molar-refractivity contribution in [1.29, 1.82) is 5.41 Å². The minimum Gasteiger partial charge on any atom is -0.311 e. The minimum absolute atomic E-state index is 0.218. The fraction of sp³-hybridized carbons (Fsp3) is 0.500. The second-order valence-electron chi connectivity index (χ2n) is 2.34. The Kier molecular flexibility index (Phi) is 1.18. The van der Waals surface area contributed by atoms with Crippen molar-refractivity contribution in [3.63, 3.8) is 0 Å². The summed E-state index contributed by atoms with van der Waals surface area (Å²) in [6, 6.07) is 0. The molecule has 0 aromatic heterocycles. The molecule has 0 radical (unpaired) electrons. The van der Waals surface area contributed by atoms with E-state index in [9.17, 15) is 13.2 Å². The first-order valence-electron chi connectivity index (χ1n) is 2.72. The van der Waals surface area contributed by atoms with Crippen molar-refractivity contribution in [2.45, 2.75) is 13.1 Å². The van der Waals surface area contributed by atoms with Crippen LogP contribution >= 0.6 is 0 Å². The summed E-state index contributed by atoms with van der Waals surface area (Å²) in [6.07, 6.45) is -2.83. The summed E-state index contributed by atoms with van der Waals surface area (Å²) in [6.45, 7) is 1.37. The van der Waals surface area contributed by atoms with Gasteiger partial charge in [-0.05, 0) is 6.92 Å². The predicted molar refractivity (Wildman–Crippen MR) is 31.0 cm³/mol. The normalized spacial score (nSPS) is 31.4. The standard InChI is InChI=1S/C6H6F3N/c1-4-2-5(4,3-10)6(7,8)9/h2-3,10H,1H3. The van der Waals surface area contributed by atoms with Crippen LogP contribution < -0.4 is 0 Å². The minimum atomic E-state index is -4.31. The van der Waals surface area contributed by atoms with Gasteiger partial charge in [0, 0.05) is 6.21 Å². The van der Waals surface area contributed by atoms with Gasteiger partial charge in [0.1, 0.15) is 5.41 Å². The number of nitrogens with one attached hydrogen (secondary N) is 1. The third-order valence-corrected chi connectivity index (χ3v) is 1.71. The van der Waals surface area contributed by atoms with Crippen LogP contribution in [0.2, 0.25) is 0 Å². The van der Waals surface area contributed by atoms with Gasteiger partial charge in [0.25, 0.3) is 0 Å². The molecule has 0 aromatic carbocycles. The molecule has 0 aromatic rings. The van der Waals surface area contributed by atoms with Crippen LogP contribution in [0.4, 0.5) is 13.2 Å². The van der Waals surface area contributed by atoms with E-state index in [1.807, 2.05) is 0 Å². The molecule has 0 fully saturated rings. The lowest BCUT2D eigenvalue weighted by atomic mass is 10.0. The number of hydrogen-bond donors (Lipinski definition) is 1. The molecule has 0 aliphatic heterocycles. The van der Waals surface area contributed by atoms with E-state index in [0.29, 0.717) is 6.21 Å². The van der Waals surface area contributed by atoms with Crippen LogP contribution in [-0.2, 0) is 0 Å². The molecule has 1 aliphatic carbocycles. The summed E-state index contributed by atoms with van der Waals surface area (Å²) in [5.74, 6) is 0. The first-order valence-corrected chi connectivity index (χ1v) is 2.72. The van der Waals surface area contributed by atoms with E-state index in [1.54, 1.807) is 0 Å². The Morgan fingerprint density at radius 3 is 2.00 bits per heavy atom. The highest BCUT2D eigenvalue weighted by Crippen LogP contribution is 2.53. The van der Waals surface area contributed by atoms with E-state index >= 15 is 0 Å². The third-order valence-electron chi connectivity index (χ3n) is 1.71. The summed E-state index contributed by atoms with van der Waals surface area (Å²) in [7, 11) is 0. The quantitative estimate of drug-likeness (QED) is 0.436. The fourth-order valence-electron chi connectivity index (χ4n) is 0.848. The fourth-order valence-corrected chi connectivity index (χ4v) is 0.848. The average molecular weight is 149 g/mol. The smallest absolute Gasteiger partial charge is 0.311 e. The molecule has 1 rings (SSSR count). The van der Waals surface area contributed by atoms with Gasteiger partial charge in [0.15, 0.2) is 0 Å². The van der Waals surface area contributed by atoms with Crippen molar-refractivity contribution >= 4 is 6.21 Å². The Balaban J connectivity index is 2.82. The van der Waals surface area contributed by atoms with Crippen LogP contribution in [0.1, 0.15) is 6.92 Å². The van der Waals surface area contributed by atoms with Crippen LogP contribution in [0.3, 0.4) is 0 Å². The molecule has 0 amide bonds. The average Bonchev–Trinajstić information content (AvgIpc) is 2.40. The van der Waals surface area contributed by atoms with Gasteiger partial charge >= 0.3 is 6.18 Å². The molecule has 56 valence electrons. The number of hydrogen-bond acceptors (Lipinski definition) is 1. The summed E-state index contributed by atoms with van der Waals surface area (Å²) >= 11 is 0. The molecular weight excluding hydrogens is 143 g/mol. The Labute approximate surface area is 56.1 Å². The van der Waals surface area contributed by atoms with Crippen molar-refractivity contribution in [2.75, 3.05) is 0 Å². The zero-order chi connectivity index (χ0) is 7.99. The maximum absolute atomic E-state index is 11.9. The predicted octanol–water partition coefficient (Wildman–Crippen LogP) is 2.14. The van der Waals surface area contributed by atoms with Gasteiger partial charge in [-0.25, -0.2) is 0 Å². The van der Waals surface area contributed by atoms with Gasteiger partial charge in [0.05, 0.1) is 0 Å². The second kappa shape index (κ2) is 1.62. The molecule has 4 heteroatoms.